The molecular weight excluding hydrogens is 224 g/mol. The largest absolute Gasteiger partial charge is 0.338 e. The molecule has 3 rings (SSSR count). The highest BCUT2D eigenvalue weighted by Crippen LogP contribution is 2.26. The van der Waals surface area contributed by atoms with Crippen LogP contribution in [-0.4, -0.2) is 37.0 Å². The third kappa shape index (κ3) is 2.15. The van der Waals surface area contributed by atoms with Crippen LogP contribution in [0.25, 0.3) is 0 Å². The maximum Gasteiger partial charge on any atom is 0.254 e. The van der Waals surface area contributed by atoms with Gasteiger partial charge in [0.25, 0.3) is 5.91 Å². The number of carbonyl (C=O) groups is 1. The summed E-state index contributed by atoms with van der Waals surface area (Å²) in [5.74, 6) is 1.50. The van der Waals surface area contributed by atoms with E-state index in [2.05, 4.69) is 10.2 Å². The predicted octanol–water partition coefficient (Wildman–Crippen LogP) is 1.68. The monoisotopic (exact) mass is 244 g/mol. The molecule has 1 amide bonds. The Morgan fingerprint density at radius 3 is 2.56 bits per heavy atom. The number of likely N-dealkylation sites (tertiary alicyclic amines) is 1. The van der Waals surface area contributed by atoms with E-state index in [1.54, 1.807) is 0 Å². The standard InChI is InChI=1S/C15H20N2O/c1-11-4-2-3-5-14(11)15(18)17-9-12-6-13(10-17)8-16-7-12/h2-5,12-13,16H,6-10H2,1H3. The molecule has 2 unspecified atom stereocenters. The van der Waals surface area contributed by atoms with Gasteiger partial charge in [0.05, 0.1) is 0 Å². The second-order valence-electron chi connectivity index (χ2n) is 5.65. The Morgan fingerprint density at radius 1 is 1.22 bits per heavy atom. The van der Waals surface area contributed by atoms with Crippen LogP contribution in [0.4, 0.5) is 0 Å². The molecule has 0 spiro atoms. The fourth-order valence-electron chi connectivity index (χ4n) is 3.25. The van der Waals surface area contributed by atoms with Crippen LogP contribution in [0.15, 0.2) is 24.3 Å². The third-order valence-electron chi connectivity index (χ3n) is 4.15. The molecule has 2 aliphatic heterocycles. The maximum absolute atomic E-state index is 12.6. The fraction of sp³-hybridized carbons (Fsp3) is 0.533. The zero-order valence-corrected chi connectivity index (χ0v) is 10.9. The van der Waals surface area contributed by atoms with Crippen LogP contribution < -0.4 is 5.32 Å². The summed E-state index contributed by atoms with van der Waals surface area (Å²) in [5.41, 5.74) is 1.95. The first-order chi connectivity index (χ1) is 8.74. The van der Waals surface area contributed by atoms with Crippen molar-refractivity contribution in [3.8, 4) is 0 Å². The molecule has 1 aromatic carbocycles. The first-order valence-corrected chi connectivity index (χ1v) is 6.79. The molecule has 18 heavy (non-hydrogen) atoms. The van der Waals surface area contributed by atoms with Crippen molar-refractivity contribution < 1.29 is 4.79 Å². The van der Waals surface area contributed by atoms with E-state index in [-0.39, 0.29) is 5.91 Å². The van der Waals surface area contributed by atoms with E-state index in [1.807, 2.05) is 31.2 Å². The Morgan fingerprint density at radius 2 is 1.89 bits per heavy atom. The normalized spacial score (nSPS) is 27.1. The number of nitrogens with zero attached hydrogens (tertiary/aromatic N) is 1. The van der Waals surface area contributed by atoms with Crippen molar-refractivity contribution in [3.05, 3.63) is 35.4 Å². The van der Waals surface area contributed by atoms with Crippen molar-refractivity contribution in [2.45, 2.75) is 13.3 Å². The Hall–Kier alpha value is -1.35. The van der Waals surface area contributed by atoms with Crippen molar-refractivity contribution in [2.75, 3.05) is 26.2 Å². The number of aryl methyl sites for hydroxylation is 1. The fourth-order valence-corrected chi connectivity index (χ4v) is 3.25. The van der Waals surface area contributed by atoms with Crippen molar-refractivity contribution in [1.82, 2.24) is 10.2 Å². The minimum absolute atomic E-state index is 0.213. The number of carbonyl (C=O) groups excluding carboxylic acids is 1. The van der Waals surface area contributed by atoms with Crippen LogP contribution in [-0.2, 0) is 0 Å². The summed E-state index contributed by atoms with van der Waals surface area (Å²) in [6, 6.07) is 7.90. The van der Waals surface area contributed by atoms with E-state index < -0.39 is 0 Å². The Balaban J connectivity index is 1.79. The number of amides is 1. The van der Waals surface area contributed by atoms with Gasteiger partial charge in [-0.2, -0.15) is 0 Å². The molecule has 2 heterocycles. The quantitative estimate of drug-likeness (QED) is 0.815. The van der Waals surface area contributed by atoms with Gasteiger partial charge in [0.15, 0.2) is 0 Å². The highest BCUT2D eigenvalue weighted by molar-refractivity contribution is 5.95. The van der Waals surface area contributed by atoms with Gasteiger partial charge in [-0.1, -0.05) is 18.2 Å². The van der Waals surface area contributed by atoms with Gasteiger partial charge in [-0.25, -0.2) is 0 Å². The number of hydrogen-bond donors (Lipinski definition) is 1. The van der Waals surface area contributed by atoms with Gasteiger partial charge >= 0.3 is 0 Å². The van der Waals surface area contributed by atoms with Crippen molar-refractivity contribution in [2.24, 2.45) is 11.8 Å². The van der Waals surface area contributed by atoms with Crippen molar-refractivity contribution >= 4 is 5.91 Å². The van der Waals surface area contributed by atoms with Gasteiger partial charge in [-0.05, 0) is 49.9 Å². The number of benzene rings is 1. The smallest absolute Gasteiger partial charge is 0.254 e. The van der Waals surface area contributed by atoms with Gasteiger partial charge in [0.2, 0.25) is 0 Å². The van der Waals surface area contributed by atoms with E-state index in [4.69, 9.17) is 0 Å². The van der Waals surface area contributed by atoms with E-state index in [0.29, 0.717) is 11.8 Å². The predicted molar refractivity (Wildman–Crippen MR) is 71.5 cm³/mol. The summed E-state index contributed by atoms with van der Waals surface area (Å²) in [7, 11) is 0. The lowest BCUT2D eigenvalue weighted by molar-refractivity contribution is 0.0537. The molecule has 0 saturated carbocycles. The molecule has 2 bridgehead atoms. The van der Waals surface area contributed by atoms with E-state index >= 15 is 0 Å². The first kappa shape index (κ1) is 11.7. The van der Waals surface area contributed by atoms with E-state index in [1.165, 1.54) is 6.42 Å². The molecule has 2 fully saturated rings. The summed E-state index contributed by atoms with van der Waals surface area (Å²) >= 11 is 0. The second kappa shape index (κ2) is 4.73. The van der Waals surface area contributed by atoms with E-state index in [0.717, 1.165) is 37.3 Å². The van der Waals surface area contributed by atoms with Gasteiger partial charge in [0.1, 0.15) is 0 Å². The summed E-state index contributed by atoms with van der Waals surface area (Å²) in [6.07, 6.45) is 1.28. The Bertz CT molecular complexity index is 446. The molecular formula is C15H20N2O. The summed E-state index contributed by atoms with van der Waals surface area (Å²) in [4.78, 5) is 14.6. The number of rotatable bonds is 1. The third-order valence-corrected chi connectivity index (χ3v) is 4.15. The average molecular weight is 244 g/mol. The molecule has 3 nitrogen and oxygen atoms in total. The average Bonchev–Trinajstić information content (AvgIpc) is 2.38. The van der Waals surface area contributed by atoms with Gasteiger partial charge < -0.3 is 10.2 Å². The van der Waals surface area contributed by atoms with Crippen LogP contribution in [0.5, 0.6) is 0 Å². The molecule has 2 aliphatic rings. The highest BCUT2D eigenvalue weighted by atomic mass is 16.2. The van der Waals surface area contributed by atoms with Crippen molar-refractivity contribution in [1.29, 1.82) is 0 Å². The molecule has 0 aromatic heterocycles. The molecule has 1 aromatic rings. The zero-order chi connectivity index (χ0) is 12.5. The van der Waals surface area contributed by atoms with Gasteiger partial charge in [0, 0.05) is 18.7 Å². The summed E-state index contributed by atoms with van der Waals surface area (Å²) < 4.78 is 0. The minimum atomic E-state index is 0.213. The van der Waals surface area contributed by atoms with Crippen LogP contribution >= 0.6 is 0 Å². The molecule has 0 radical (unpaired) electrons. The Labute approximate surface area is 108 Å². The topological polar surface area (TPSA) is 32.3 Å². The van der Waals surface area contributed by atoms with Crippen LogP contribution in [0.2, 0.25) is 0 Å². The highest BCUT2D eigenvalue weighted by Gasteiger charge is 2.33. The minimum Gasteiger partial charge on any atom is -0.338 e. The van der Waals surface area contributed by atoms with Gasteiger partial charge in [-0.15, -0.1) is 0 Å². The molecule has 1 N–H and O–H groups in total. The molecule has 0 aliphatic carbocycles. The SMILES string of the molecule is Cc1ccccc1C(=O)N1CC2CNCC(C2)C1. The summed E-state index contributed by atoms with van der Waals surface area (Å²) in [6.45, 7) is 5.97. The lowest BCUT2D eigenvalue weighted by atomic mass is 9.85. The van der Waals surface area contributed by atoms with Crippen LogP contribution in [0, 0.1) is 18.8 Å². The second-order valence-corrected chi connectivity index (χ2v) is 5.65. The zero-order valence-electron chi connectivity index (χ0n) is 10.9. The van der Waals surface area contributed by atoms with E-state index in [9.17, 15) is 4.79 Å². The summed E-state index contributed by atoms with van der Waals surface area (Å²) in [5, 5.41) is 3.46. The number of nitrogens with one attached hydrogen (secondary N) is 1. The molecule has 2 atom stereocenters. The van der Waals surface area contributed by atoms with Crippen molar-refractivity contribution in [3.63, 3.8) is 0 Å². The number of piperidine rings is 2. The lowest BCUT2D eigenvalue weighted by Crippen LogP contribution is -2.52. The molecule has 3 heteroatoms. The van der Waals surface area contributed by atoms with Crippen LogP contribution in [0.1, 0.15) is 22.3 Å². The molecule has 2 saturated heterocycles. The lowest BCUT2D eigenvalue weighted by Gasteiger charge is -2.41. The first-order valence-electron chi connectivity index (χ1n) is 6.79. The van der Waals surface area contributed by atoms with Crippen LogP contribution in [0.3, 0.4) is 0 Å². The number of hydrogen-bond acceptors (Lipinski definition) is 2. The number of fused-ring (bicyclic) bond motifs is 2. The maximum atomic E-state index is 12.6. The van der Waals surface area contributed by atoms with Gasteiger partial charge in [-0.3, -0.25) is 4.79 Å². The Kier molecular flexibility index (Phi) is 3.08. The molecule has 96 valence electrons.